The maximum absolute atomic E-state index is 13.3. The molecule has 0 saturated heterocycles. The van der Waals surface area contributed by atoms with E-state index < -0.39 is 17.5 Å². The standard InChI is InChI=1S/C12H8ClF2NOS/c13-10-5-4-7(18-10)6-16-12(17)8-2-1-3-9(14)11(8)15/h1-5H,6H2,(H,16,17). The zero-order chi connectivity index (χ0) is 13.1. The van der Waals surface area contributed by atoms with Crippen LogP contribution in [0, 0.1) is 11.6 Å². The number of benzene rings is 1. The van der Waals surface area contributed by atoms with E-state index in [1.54, 1.807) is 12.1 Å². The highest BCUT2D eigenvalue weighted by atomic mass is 35.5. The van der Waals surface area contributed by atoms with Gasteiger partial charge in [-0.1, -0.05) is 17.7 Å². The van der Waals surface area contributed by atoms with E-state index in [0.717, 1.165) is 10.9 Å². The van der Waals surface area contributed by atoms with Gasteiger partial charge < -0.3 is 5.32 Å². The van der Waals surface area contributed by atoms with Crippen LogP contribution in [0.1, 0.15) is 15.2 Å². The number of nitrogens with one attached hydrogen (secondary N) is 1. The molecule has 1 aromatic heterocycles. The van der Waals surface area contributed by atoms with Crippen LogP contribution in [0.2, 0.25) is 4.34 Å². The van der Waals surface area contributed by atoms with Gasteiger partial charge in [-0.3, -0.25) is 4.79 Å². The van der Waals surface area contributed by atoms with Crippen LogP contribution in [0.3, 0.4) is 0 Å². The molecule has 0 aliphatic rings. The second kappa shape index (κ2) is 5.46. The maximum Gasteiger partial charge on any atom is 0.254 e. The Hall–Kier alpha value is -1.46. The summed E-state index contributed by atoms with van der Waals surface area (Å²) in [4.78, 5) is 12.5. The van der Waals surface area contributed by atoms with E-state index in [1.807, 2.05) is 0 Å². The predicted molar refractivity (Wildman–Crippen MR) is 66.9 cm³/mol. The summed E-state index contributed by atoms with van der Waals surface area (Å²) in [5, 5.41) is 2.50. The van der Waals surface area contributed by atoms with Gasteiger partial charge in [0.15, 0.2) is 11.6 Å². The van der Waals surface area contributed by atoms with Gasteiger partial charge in [-0.05, 0) is 24.3 Å². The molecule has 0 fully saturated rings. The van der Waals surface area contributed by atoms with Gasteiger partial charge in [0, 0.05) is 4.88 Å². The average Bonchev–Trinajstić information content (AvgIpc) is 2.76. The second-order valence-electron chi connectivity index (χ2n) is 3.49. The van der Waals surface area contributed by atoms with Crippen molar-refractivity contribution in [3.05, 3.63) is 56.7 Å². The summed E-state index contributed by atoms with van der Waals surface area (Å²) in [6, 6.07) is 6.95. The van der Waals surface area contributed by atoms with Gasteiger partial charge in [0.25, 0.3) is 5.91 Å². The minimum absolute atomic E-state index is 0.228. The van der Waals surface area contributed by atoms with E-state index in [9.17, 15) is 13.6 Å². The Labute approximate surface area is 111 Å². The van der Waals surface area contributed by atoms with Crippen LogP contribution in [-0.2, 0) is 6.54 Å². The summed E-state index contributed by atoms with van der Waals surface area (Å²) in [7, 11) is 0. The quantitative estimate of drug-likeness (QED) is 0.918. The van der Waals surface area contributed by atoms with Crippen LogP contribution in [-0.4, -0.2) is 5.91 Å². The number of hydrogen-bond acceptors (Lipinski definition) is 2. The largest absolute Gasteiger partial charge is 0.347 e. The van der Waals surface area contributed by atoms with Crippen molar-refractivity contribution in [1.82, 2.24) is 5.32 Å². The van der Waals surface area contributed by atoms with E-state index in [-0.39, 0.29) is 12.1 Å². The van der Waals surface area contributed by atoms with Crippen LogP contribution < -0.4 is 5.32 Å². The van der Waals surface area contributed by atoms with E-state index in [1.165, 1.54) is 23.5 Å². The fourth-order valence-corrected chi connectivity index (χ4v) is 2.42. The van der Waals surface area contributed by atoms with Crippen molar-refractivity contribution < 1.29 is 13.6 Å². The Morgan fingerprint density at radius 3 is 2.72 bits per heavy atom. The third kappa shape index (κ3) is 2.86. The number of thiophene rings is 1. The first kappa shape index (κ1) is 13.0. The molecule has 0 atom stereocenters. The molecule has 2 rings (SSSR count). The van der Waals surface area contributed by atoms with Crippen LogP contribution in [0.15, 0.2) is 30.3 Å². The zero-order valence-corrected chi connectivity index (χ0v) is 10.6. The Balaban J connectivity index is 2.06. The number of amides is 1. The molecule has 18 heavy (non-hydrogen) atoms. The highest BCUT2D eigenvalue weighted by Gasteiger charge is 2.14. The van der Waals surface area contributed by atoms with Crippen molar-refractivity contribution >= 4 is 28.8 Å². The molecule has 1 N–H and O–H groups in total. The molecule has 94 valence electrons. The average molecular weight is 288 g/mol. The highest BCUT2D eigenvalue weighted by Crippen LogP contribution is 2.21. The second-order valence-corrected chi connectivity index (χ2v) is 5.29. The van der Waals surface area contributed by atoms with Gasteiger partial charge in [-0.15, -0.1) is 11.3 Å². The lowest BCUT2D eigenvalue weighted by Crippen LogP contribution is -2.23. The third-order valence-corrected chi connectivity index (χ3v) is 3.48. The normalized spacial score (nSPS) is 10.4. The molecule has 6 heteroatoms. The summed E-state index contributed by atoms with van der Waals surface area (Å²) in [5.41, 5.74) is -0.308. The van der Waals surface area contributed by atoms with Crippen molar-refractivity contribution in [2.75, 3.05) is 0 Å². The maximum atomic E-state index is 13.3. The SMILES string of the molecule is O=C(NCc1ccc(Cl)s1)c1cccc(F)c1F. The smallest absolute Gasteiger partial charge is 0.254 e. The molecule has 0 radical (unpaired) electrons. The van der Waals surface area contributed by atoms with E-state index in [4.69, 9.17) is 11.6 Å². The molecular formula is C12H8ClF2NOS. The van der Waals surface area contributed by atoms with Gasteiger partial charge in [-0.2, -0.15) is 0 Å². The minimum Gasteiger partial charge on any atom is -0.347 e. The Kier molecular flexibility index (Phi) is 3.93. The van der Waals surface area contributed by atoms with Crippen LogP contribution >= 0.6 is 22.9 Å². The zero-order valence-electron chi connectivity index (χ0n) is 9.04. The Morgan fingerprint density at radius 1 is 1.28 bits per heavy atom. The Morgan fingerprint density at radius 2 is 2.06 bits per heavy atom. The van der Waals surface area contributed by atoms with Crippen molar-refractivity contribution in [3.8, 4) is 0 Å². The molecule has 1 heterocycles. The number of carbonyl (C=O) groups is 1. The molecule has 1 amide bonds. The molecule has 1 aromatic carbocycles. The molecular weight excluding hydrogens is 280 g/mol. The lowest BCUT2D eigenvalue weighted by atomic mass is 10.2. The van der Waals surface area contributed by atoms with Gasteiger partial charge in [0.2, 0.25) is 0 Å². The predicted octanol–water partition coefficient (Wildman–Crippen LogP) is 3.61. The molecule has 2 aromatic rings. The molecule has 2 nitrogen and oxygen atoms in total. The summed E-state index contributed by atoms with van der Waals surface area (Å²) in [6.07, 6.45) is 0. The van der Waals surface area contributed by atoms with Gasteiger partial charge >= 0.3 is 0 Å². The van der Waals surface area contributed by atoms with Crippen LogP contribution in [0.25, 0.3) is 0 Å². The fourth-order valence-electron chi connectivity index (χ4n) is 1.39. The third-order valence-electron chi connectivity index (χ3n) is 2.25. The van der Waals surface area contributed by atoms with E-state index >= 15 is 0 Å². The fraction of sp³-hybridized carbons (Fsp3) is 0.0833. The van der Waals surface area contributed by atoms with Crippen molar-refractivity contribution in [2.45, 2.75) is 6.54 Å². The molecule has 0 unspecified atom stereocenters. The van der Waals surface area contributed by atoms with Gasteiger partial charge in [0.1, 0.15) is 0 Å². The van der Waals surface area contributed by atoms with Crippen molar-refractivity contribution in [2.24, 2.45) is 0 Å². The number of halogens is 3. The summed E-state index contributed by atoms with van der Waals surface area (Å²) >= 11 is 7.05. The first-order chi connectivity index (χ1) is 8.58. The molecule has 0 aliphatic carbocycles. The number of rotatable bonds is 3. The van der Waals surface area contributed by atoms with E-state index in [0.29, 0.717) is 4.34 Å². The van der Waals surface area contributed by atoms with Crippen molar-refractivity contribution in [1.29, 1.82) is 0 Å². The highest BCUT2D eigenvalue weighted by molar-refractivity contribution is 7.16. The molecule has 0 saturated carbocycles. The molecule has 0 aliphatic heterocycles. The first-order valence-corrected chi connectivity index (χ1v) is 6.24. The number of hydrogen-bond donors (Lipinski definition) is 1. The minimum atomic E-state index is -1.14. The summed E-state index contributed by atoms with van der Waals surface area (Å²) < 4.78 is 26.9. The van der Waals surface area contributed by atoms with E-state index in [2.05, 4.69) is 5.32 Å². The number of carbonyl (C=O) groups excluding carboxylic acids is 1. The monoisotopic (exact) mass is 287 g/mol. The summed E-state index contributed by atoms with van der Waals surface area (Å²) in [5.74, 6) is -2.84. The topological polar surface area (TPSA) is 29.1 Å². The first-order valence-electron chi connectivity index (χ1n) is 5.04. The summed E-state index contributed by atoms with van der Waals surface area (Å²) in [6.45, 7) is 0.228. The Bertz CT molecular complexity index is 585. The lowest BCUT2D eigenvalue weighted by molar-refractivity contribution is 0.0946. The lowest BCUT2D eigenvalue weighted by Gasteiger charge is -2.05. The molecule has 0 spiro atoms. The van der Waals surface area contributed by atoms with Gasteiger partial charge in [-0.25, -0.2) is 8.78 Å². The van der Waals surface area contributed by atoms with Crippen molar-refractivity contribution in [3.63, 3.8) is 0 Å². The van der Waals surface area contributed by atoms with Crippen LogP contribution in [0.5, 0.6) is 0 Å². The van der Waals surface area contributed by atoms with Crippen LogP contribution in [0.4, 0.5) is 8.78 Å². The molecule has 0 bridgehead atoms. The van der Waals surface area contributed by atoms with Gasteiger partial charge in [0.05, 0.1) is 16.4 Å².